The van der Waals surface area contributed by atoms with Gasteiger partial charge in [-0.05, 0) is 6.42 Å². The lowest BCUT2D eigenvalue weighted by Crippen LogP contribution is -2.30. The molecule has 2 saturated heterocycles. The minimum atomic E-state index is -1.11. The van der Waals surface area contributed by atoms with E-state index < -0.39 is 23.8 Å². The van der Waals surface area contributed by atoms with E-state index in [1.807, 2.05) is 0 Å². The summed E-state index contributed by atoms with van der Waals surface area (Å²) >= 11 is 0. The summed E-state index contributed by atoms with van der Waals surface area (Å²) < 4.78 is 20.0. The molecule has 0 spiro atoms. The molecule has 0 bridgehead atoms. The molecule has 8 heteroatoms. The average molecular weight is 314 g/mol. The number of rotatable bonds is 6. The molecule has 3 aliphatic heterocycles. The first-order chi connectivity index (χ1) is 10.6. The summed E-state index contributed by atoms with van der Waals surface area (Å²) in [6, 6.07) is 0. The fourth-order valence-electron chi connectivity index (χ4n) is 2.36. The molecule has 8 nitrogen and oxygen atoms in total. The van der Waals surface area contributed by atoms with Gasteiger partial charge in [0.15, 0.2) is 5.76 Å². The number of epoxide rings is 2. The highest BCUT2D eigenvalue weighted by Gasteiger charge is 2.49. The molecule has 2 fully saturated rings. The second-order valence-corrected chi connectivity index (χ2v) is 5.64. The molecule has 0 aromatic heterocycles. The van der Waals surface area contributed by atoms with E-state index in [0.29, 0.717) is 36.6 Å². The van der Waals surface area contributed by atoms with Crippen molar-refractivity contribution in [2.24, 2.45) is 11.8 Å². The zero-order valence-electron chi connectivity index (χ0n) is 11.9. The number of ether oxygens (including phenoxy) is 4. The zero-order valence-corrected chi connectivity index (χ0v) is 11.9. The summed E-state index contributed by atoms with van der Waals surface area (Å²) in [6.07, 6.45) is 1.69. The van der Waals surface area contributed by atoms with Gasteiger partial charge in [-0.1, -0.05) is 0 Å². The van der Waals surface area contributed by atoms with Crippen molar-refractivity contribution in [1.29, 1.82) is 0 Å². The molecule has 0 aromatic carbocycles. The number of hydrogen-bond acceptors (Lipinski definition) is 6. The van der Waals surface area contributed by atoms with Crippen LogP contribution in [0.1, 0.15) is 12.8 Å². The van der Waals surface area contributed by atoms with Crippen molar-refractivity contribution in [2.45, 2.75) is 25.0 Å². The fourth-order valence-corrected chi connectivity index (χ4v) is 2.36. The van der Waals surface area contributed by atoms with Gasteiger partial charge < -0.3 is 29.2 Å². The molecule has 3 heterocycles. The Morgan fingerprint density at radius 1 is 1.09 bits per heavy atom. The molecule has 22 heavy (non-hydrogen) atoms. The molecule has 0 radical (unpaired) electrons. The van der Waals surface area contributed by atoms with Gasteiger partial charge in [0.1, 0.15) is 23.9 Å². The quantitative estimate of drug-likeness (QED) is 0.668. The molecule has 0 aromatic rings. The van der Waals surface area contributed by atoms with E-state index in [1.54, 1.807) is 0 Å². The van der Waals surface area contributed by atoms with Crippen LogP contribution in [0.25, 0.3) is 0 Å². The molecular weight excluding hydrogens is 296 g/mol. The molecule has 0 amide bonds. The first kappa shape index (κ1) is 15.3. The van der Waals surface area contributed by atoms with Gasteiger partial charge >= 0.3 is 11.9 Å². The third-order valence-corrected chi connectivity index (χ3v) is 3.83. The highest BCUT2D eigenvalue weighted by Crippen LogP contribution is 2.46. The topological polar surface area (TPSA) is 121 Å². The van der Waals surface area contributed by atoms with Crippen LogP contribution in [0.5, 0.6) is 0 Å². The van der Waals surface area contributed by atoms with Crippen molar-refractivity contribution in [1.82, 2.24) is 0 Å². The number of carboxylic acid groups (broad SMARTS) is 2. The van der Waals surface area contributed by atoms with Gasteiger partial charge in [0, 0.05) is 6.42 Å². The highest BCUT2D eigenvalue weighted by molar-refractivity contribution is 5.83. The van der Waals surface area contributed by atoms with E-state index in [0.717, 1.165) is 26.4 Å². The minimum Gasteiger partial charge on any atom is -0.481 e. The van der Waals surface area contributed by atoms with Crippen LogP contribution in [0.3, 0.4) is 0 Å². The number of allylic oxidation sites excluding steroid dienone is 1. The summed E-state index contributed by atoms with van der Waals surface area (Å²) in [6.45, 7) is 3.26. The highest BCUT2D eigenvalue weighted by atomic mass is 16.6. The molecule has 4 unspecified atom stereocenters. The maximum atomic E-state index is 10.7. The Bertz CT molecular complexity index is 479. The Labute approximate surface area is 126 Å². The number of carbonyl (C=O) groups is 2. The van der Waals surface area contributed by atoms with Crippen molar-refractivity contribution < 1.29 is 38.7 Å². The lowest BCUT2D eigenvalue weighted by atomic mass is 9.84. The van der Waals surface area contributed by atoms with Gasteiger partial charge in [-0.15, -0.1) is 0 Å². The fraction of sp³-hybridized carbons (Fsp3) is 0.714. The van der Waals surface area contributed by atoms with Crippen molar-refractivity contribution >= 4 is 11.9 Å². The van der Waals surface area contributed by atoms with Gasteiger partial charge in [0.05, 0.1) is 32.3 Å². The Morgan fingerprint density at radius 2 is 1.68 bits per heavy atom. The molecule has 4 rings (SSSR count). The minimum absolute atomic E-state index is 0.352. The molecular formula is C14H18O8. The largest absolute Gasteiger partial charge is 0.481 e. The maximum absolute atomic E-state index is 10.7. The predicted octanol–water partition coefficient (Wildman–Crippen LogP) is 0.224. The Morgan fingerprint density at radius 3 is 2.14 bits per heavy atom. The van der Waals surface area contributed by atoms with Crippen molar-refractivity contribution in [3.05, 3.63) is 11.5 Å². The lowest BCUT2D eigenvalue weighted by Gasteiger charge is -2.16. The van der Waals surface area contributed by atoms with Gasteiger partial charge in [0.25, 0.3) is 0 Å². The molecule has 4 aliphatic rings. The summed E-state index contributed by atoms with van der Waals surface area (Å²) in [4.78, 5) is 21.4. The lowest BCUT2D eigenvalue weighted by molar-refractivity contribution is -0.152. The van der Waals surface area contributed by atoms with Crippen molar-refractivity contribution in [3.8, 4) is 0 Å². The molecule has 2 N–H and O–H groups in total. The summed E-state index contributed by atoms with van der Waals surface area (Å²) in [5.41, 5.74) is 0. The van der Waals surface area contributed by atoms with Crippen LogP contribution in [0.4, 0.5) is 0 Å². The van der Waals surface area contributed by atoms with E-state index >= 15 is 0 Å². The number of hydrogen-bond donors (Lipinski definition) is 2. The van der Waals surface area contributed by atoms with Crippen LogP contribution in [0.15, 0.2) is 11.5 Å². The molecule has 122 valence electrons. The third kappa shape index (κ3) is 3.96. The van der Waals surface area contributed by atoms with E-state index in [2.05, 4.69) is 0 Å². The number of aliphatic carboxylic acids is 2. The maximum Gasteiger partial charge on any atom is 0.315 e. The van der Waals surface area contributed by atoms with Crippen LogP contribution in [0, 0.1) is 11.8 Å². The smallest absolute Gasteiger partial charge is 0.315 e. The van der Waals surface area contributed by atoms with Crippen LogP contribution >= 0.6 is 0 Å². The second kappa shape index (κ2) is 6.23. The Hall–Kier alpha value is -1.64. The average Bonchev–Trinajstić information content (AvgIpc) is 3.34. The van der Waals surface area contributed by atoms with Crippen LogP contribution < -0.4 is 0 Å². The van der Waals surface area contributed by atoms with Crippen molar-refractivity contribution in [2.75, 3.05) is 26.4 Å². The normalized spacial score (nSPS) is 33.8. The monoisotopic (exact) mass is 314 g/mol. The Kier molecular flexibility index (Phi) is 4.32. The van der Waals surface area contributed by atoms with E-state index in [-0.39, 0.29) is 0 Å². The van der Waals surface area contributed by atoms with Gasteiger partial charge in [-0.2, -0.15) is 0 Å². The van der Waals surface area contributed by atoms with Crippen LogP contribution in [0.2, 0.25) is 0 Å². The van der Waals surface area contributed by atoms with E-state index in [4.69, 9.17) is 29.2 Å². The van der Waals surface area contributed by atoms with E-state index in [9.17, 15) is 9.59 Å². The van der Waals surface area contributed by atoms with Crippen LogP contribution in [-0.4, -0.2) is 60.8 Å². The van der Waals surface area contributed by atoms with Crippen LogP contribution in [-0.2, 0) is 28.5 Å². The van der Waals surface area contributed by atoms with Crippen molar-refractivity contribution in [3.63, 3.8) is 0 Å². The summed E-state index contributed by atoms with van der Waals surface area (Å²) in [5.74, 6) is -2.94. The molecule has 1 aliphatic carbocycles. The second-order valence-electron chi connectivity index (χ2n) is 5.64. The number of carboxylic acids is 2. The predicted molar refractivity (Wildman–Crippen MR) is 69.9 cm³/mol. The van der Waals surface area contributed by atoms with Gasteiger partial charge in [0.2, 0.25) is 0 Å². The first-order valence-electron chi connectivity index (χ1n) is 7.23. The first-order valence-corrected chi connectivity index (χ1v) is 7.23. The standard InChI is InChI=1S/C8H8O5.C6H10O3/c9-7(10)3-1-2-4-6(13-4)5(3)8(11)12;1(5-3-8-5)7-2-6-4-9-6/h3,5H,1-2H2,(H,9,10)(H,11,12);5-6H,1-4H2. The summed E-state index contributed by atoms with van der Waals surface area (Å²) in [7, 11) is 0. The summed E-state index contributed by atoms with van der Waals surface area (Å²) in [5, 5.41) is 17.5. The Balaban J connectivity index is 0.000000139. The molecule has 0 saturated carbocycles. The molecule has 4 atom stereocenters. The van der Waals surface area contributed by atoms with E-state index in [1.165, 1.54) is 0 Å². The van der Waals surface area contributed by atoms with Gasteiger partial charge in [-0.25, -0.2) is 0 Å². The van der Waals surface area contributed by atoms with Gasteiger partial charge in [-0.3, -0.25) is 9.59 Å². The SMILES string of the molecule is C(OCC1CO1)C1CO1.O=C(O)C1CCC2=C(O2)C1C(=O)O. The third-order valence-electron chi connectivity index (χ3n) is 3.83. The zero-order chi connectivity index (χ0) is 15.7.